The van der Waals surface area contributed by atoms with Crippen LogP contribution >= 0.6 is 0 Å². The van der Waals surface area contributed by atoms with Gasteiger partial charge in [-0.15, -0.1) is 0 Å². The van der Waals surface area contributed by atoms with Crippen molar-refractivity contribution in [3.8, 4) is 0 Å². The Balaban J connectivity index is 2.11. The molecule has 0 bridgehead atoms. The Morgan fingerprint density at radius 1 is 1.19 bits per heavy atom. The van der Waals surface area contributed by atoms with Crippen molar-refractivity contribution in [1.82, 2.24) is 5.32 Å². The first-order valence-corrected chi connectivity index (χ1v) is 5.88. The van der Waals surface area contributed by atoms with Gasteiger partial charge in [0.25, 0.3) is 0 Å². The van der Waals surface area contributed by atoms with E-state index in [1.165, 1.54) is 6.07 Å². The van der Waals surface area contributed by atoms with E-state index in [1.54, 1.807) is 18.2 Å². The maximum atomic E-state index is 14.2. The smallest absolute Gasteiger partial charge is 0.131 e. The molecule has 1 aliphatic heterocycles. The molecule has 16 heavy (non-hydrogen) atoms. The van der Waals surface area contributed by atoms with E-state index >= 15 is 0 Å². The van der Waals surface area contributed by atoms with Gasteiger partial charge in [-0.05, 0) is 44.3 Å². The predicted molar refractivity (Wildman–Crippen MR) is 60.5 cm³/mol. The largest absolute Gasteiger partial charge is 0.317 e. The summed E-state index contributed by atoms with van der Waals surface area (Å²) in [6.07, 6.45) is 1.43. The van der Waals surface area contributed by atoms with Crippen LogP contribution < -0.4 is 5.32 Å². The van der Waals surface area contributed by atoms with Gasteiger partial charge in [-0.3, -0.25) is 0 Å². The molecule has 0 aliphatic carbocycles. The number of hydrogen-bond donors (Lipinski definition) is 1. The highest BCUT2D eigenvalue weighted by Gasteiger charge is 2.25. The molecule has 2 unspecified atom stereocenters. The molecule has 0 saturated carbocycles. The fourth-order valence-electron chi connectivity index (χ4n) is 2.29. The van der Waals surface area contributed by atoms with Crippen LogP contribution in [0.4, 0.5) is 8.78 Å². The van der Waals surface area contributed by atoms with Crippen molar-refractivity contribution in [3.63, 3.8) is 0 Å². The molecule has 0 aromatic heterocycles. The Hall–Kier alpha value is -0.960. The van der Waals surface area contributed by atoms with Crippen LogP contribution in [0.15, 0.2) is 24.3 Å². The van der Waals surface area contributed by atoms with E-state index in [-0.39, 0.29) is 11.5 Å². The van der Waals surface area contributed by atoms with Crippen molar-refractivity contribution < 1.29 is 8.78 Å². The molecular formula is C13H17F2N. The van der Waals surface area contributed by atoms with Crippen molar-refractivity contribution in [3.05, 3.63) is 35.6 Å². The maximum Gasteiger partial charge on any atom is 0.131 e. The summed E-state index contributed by atoms with van der Waals surface area (Å²) in [5.74, 6) is -0.473. The third kappa shape index (κ3) is 2.59. The van der Waals surface area contributed by atoms with Crippen molar-refractivity contribution in [1.29, 1.82) is 0 Å². The van der Waals surface area contributed by atoms with Gasteiger partial charge in [-0.2, -0.15) is 0 Å². The van der Waals surface area contributed by atoms with Gasteiger partial charge in [0.15, 0.2) is 0 Å². The standard InChI is InChI=1S/C13H17F2N/c14-12-6-2-1-5-11(12)13(15)10-4-3-8-16-9-7-10/h1-2,5-6,10,13,16H,3-4,7-9H2. The minimum absolute atomic E-state index is 0.0492. The third-order valence-electron chi connectivity index (χ3n) is 3.24. The van der Waals surface area contributed by atoms with E-state index < -0.39 is 12.0 Å². The van der Waals surface area contributed by atoms with Gasteiger partial charge < -0.3 is 5.32 Å². The van der Waals surface area contributed by atoms with Crippen LogP contribution in [0.3, 0.4) is 0 Å². The molecule has 1 aromatic rings. The van der Waals surface area contributed by atoms with Crippen LogP contribution in [0.1, 0.15) is 31.0 Å². The van der Waals surface area contributed by atoms with Crippen LogP contribution in [0.5, 0.6) is 0 Å². The Kier molecular flexibility index (Phi) is 3.88. The predicted octanol–water partition coefficient (Wildman–Crippen LogP) is 3.23. The van der Waals surface area contributed by atoms with E-state index in [1.807, 2.05) is 0 Å². The van der Waals surface area contributed by atoms with Gasteiger partial charge in [0.2, 0.25) is 0 Å². The molecule has 1 N–H and O–H groups in total. The summed E-state index contributed by atoms with van der Waals surface area (Å²) in [6, 6.07) is 6.18. The number of halogens is 2. The van der Waals surface area contributed by atoms with E-state index in [9.17, 15) is 8.78 Å². The van der Waals surface area contributed by atoms with Crippen LogP contribution in [-0.2, 0) is 0 Å². The monoisotopic (exact) mass is 225 g/mol. The summed E-state index contributed by atoms with van der Waals surface area (Å²) in [7, 11) is 0. The van der Waals surface area contributed by atoms with Crippen LogP contribution in [0.25, 0.3) is 0 Å². The molecule has 1 nitrogen and oxygen atoms in total. The molecule has 88 valence electrons. The first-order chi connectivity index (χ1) is 7.79. The fraction of sp³-hybridized carbons (Fsp3) is 0.538. The topological polar surface area (TPSA) is 12.0 Å². The van der Waals surface area contributed by atoms with Crippen LogP contribution in [0, 0.1) is 11.7 Å². The minimum atomic E-state index is -1.17. The van der Waals surface area contributed by atoms with Crippen molar-refractivity contribution in [2.45, 2.75) is 25.4 Å². The van der Waals surface area contributed by atoms with Crippen LogP contribution in [0.2, 0.25) is 0 Å². The average Bonchev–Trinajstić information content (AvgIpc) is 2.57. The quantitative estimate of drug-likeness (QED) is 0.814. The molecule has 0 radical (unpaired) electrons. The van der Waals surface area contributed by atoms with E-state index in [0.29, 0.717) is 0 Å². The molecule has 1 heterocycles. The molecule has 2 atom stereocenters. The number of benzene rings is 1. The molecule has 1 aliphatic rings. The summed E-state index contributed by atoms with van der Waals surface area (Å²) in [6.45, 7) is 1.78. The lowest BCUT2D eigenvalue weighted by atomic mass is 9.90. The van der Waals surface area contributed by atoms with Gasteiger partial charge in [-0.1, -0.05) is 18.2 Å². The summed E-state index contributed by atoms with van der Waals surface area (Å²) in [5, 5.41) is 3.24. The van der Waals surface area contributed by atoms with E-state index in [2.05, 4.69) is 5.32 Å². The molecule has 1 saturated heterocycles. The first kappa shape index (κ1) is 11.5. The summed E-state index contributed by atoms with van der Waals surface area (Å²) in [5.41, 5.74) is 0.217. The number of rotatable bonds is 2. The highest BCUT2D eigenvalue weighted by molar-refractivity contribution is 5.20. The zero-order valence-electron chi connectivity index (χ0n) is 9.26. The highest BCUT2D eigenvalue weighted by Crippen LogP contribution is 2.33. The van der Waals surface area contributed by atoms with Gasteiger partial charge in [0.1, 0.15) is 12.0 Å². The molecule has 0 amide bonds. The van der Waals surface area contributed by atoms with Gasteiger partial charge in [-0.25, -0.2) is 8.78 Å². The summed E-state index contributed by atoms with van der Waals surface area (Å²) in [4.78, 5) is 0. The molecule has 1 aromatic carbocycles. The lowest BCUT2D eigenvalue weighted by Crippen LogP contribution is -2.15. The maximum absolute atomic E-state index is 14.2. The number of hydrogen-bond acceptors (Lipinski definition) is 1. The summed E-state index contributed by atoms with van der Waals surface area (Å²) < 4.78 is 27.6. The Morgan fingerprint density at radius 2 is 2.00 bits per heavy atom. The molecule has 1 fully saturated rings. The molecule has 2 rings (SSSR count). The SMILES string of the molecule is Fc1ccccc1C(F)C1CCCNCC1. The second-order valence-electron chi connectivity index (χ2n) is 4.36. The second-order valence-corrected chi connectivity index (χ2v) is 4.36. The van der Waals surface area contributed by atoms with Crippen molar-refractivity contribution >= 4 is 0 Å². The third-order valence-corrected chi connectivity index (χ3v) is 3.24. The zero-order chi connectivity index (χ0) is 11.4. The lowest BCUT2D eigenvalue weighted by Gasteiger charge is -2.19. The minimum Gasteiger partial charge on any atom is -0.317 e. The number of nitrogens with one attached hydrogen (secondary N) is 1. The zero-order valence-corrected chi connectivity index (χ0v) is 9.26. The Morgan fingerprint density at radius 3 is 2.81 bits per heavy atom. The molecule has 0 spiro atoms. The Labute approximate surface area is 94.9 Å². The van der Waals surface area contributed by atoms with Crippen molar-refractivity contribution in [2.75, 3.05) is 13.1 Å². The van der Waals surface area contributed by atoms with Crippen LogP contribution in [-0.4, -0.2) is 13.1 Å². The van der Waals surface area contributed by atoms with Gasteiger partial charge in [0.05, 0.1) is 0 Å². The first-order valence-electron chi connectivity index (χ1n) is 5.88. The van der Waals surface area contributed by atoms with Crippen molar-refractivity contribution in [2.24, 2.45) is 5.92 Å². The summed E-state index contributed by atoms with van der Waals surface area (Å²) >= 11 is 0. The van der Waals surface area contributed by atoms with Gasteiger partial charge in [0, 0.05) is 5.56 Å². The van der Waals surface area contributed by atoms with E-state index in [0.717, 1.165) is 32.4 Å². The Bertz CT molecular complexity index is 332. The molecule has 3 heteroatoms. The molecular weight excluding hydrogens is 208 g/mol. The lowest BCUT2D eigenvalue weighted by molar-refractivity contribution is 0.209. The normalized spacial score (nSPS) is 23.8. The van der Waals surface area contributed by atoms with Gasteiger partial charge >= 0.3 is 0 Å². The average molecular weight is 225 g/mol. The number of alkyl halides is 1. The second kappa shape index (κ2) is 5.39. The van der Waals surface area contributed by atoms with E-state index in [4.69, 9.17) is 0 Å². The highest BCUT2D eigenvalue weighted by atomic mass is 19.1. The fourth-order valence-corrected chi connectivity index (χ4v) is 2.29.